The third kappa shape index (κ3) is 135. The van der Waals surface area contributed by atoms with Gasteiger partial charge in [0.1, 0.15) is 0 Å². The molecule has 0 aliphatic rings. The molecule has 41 valence electrons. The molecule has 4 nitrogen and oxygen atoms in total. The molecule has 0 saturated heterocycles. The molecule has 0 aliphatic heterocycles. The Labute approximate surface area is 64.9 Å². The molecule has 0 bridgehead atoms. The first-order chi connectivity index (χ1) is 2.00. The standard InChI is InChI=1S/Cu.O4Si.Zn/c;1-5(2,3)4;/q+2;-4;+2. The molecular weight excluding hydrogens is 221 g/mol. The van der Waals surface area contributed by atoms with Gasteiger partial charge in [0.15, 0.2) is 0 Å². The van der Waals surface area contributed by atoms with Crippen LogP contribution in [-0.2, 0) is 36.5 Å². The fourth-order valence-corrected chi connectivity index (χ4v) is 0. The largest absolute Gasteiger partial charge is 2.00 e. The number of hydrogen-bond donors (Lipinski definition) is 0. The van der Waals surface area contributed by atoms with Gasteiger partial charge in [-0.2, -0.15) is 0 Å². The summed E-state index contributed by atoms with van der Waals surface area (Å²) < 4.78 is 0. The molecule has 0 aromatic rings. The van der Waals surface area contributed by atoms with E-state index in [1.807, 2.05) is 0 Å². The third-order valence-corrected chi connectivity index (χ3v) is 0. The minimum absolute atomic E-state index is 0. The molecule has 0 aromatic heterocycles. The topological polar surface area (TPSA) is 92.2 Å². The first-order valence-corrected chi connectivity index (χ1v) is 2.45. The molecule has 0 aliphatic carbocycles. The van der Waals surface area contributed by atoms with Crippen molar-refractivity contribution in [2.24, 2.45) is 0 Å². The van der Waals surface area contributed by atoms with Gasteiger partial charge in [0, 0.05) is 0 Å². The molecule has 0 rings (SSSR count). The Hall–Kier alpha value is 1.20. The predicted octanol–water partition coefficient (Wildman–Crippen LogP) is -5.14. The summed E-state index contributed by atoms with van der Waals surface area (Å²) in [6.07, 6.45) is 0. The number of hydrogen-bond acceptors (Lipinski definition) is 4. The van der Waals surface area contributed by atoms with Crippen LogP contribution < -0.4 is 19.2 Å². The smallest absolute Gasteiger partial charge is 0.894 e. The second-order valence-electron chi connectivity index (χ2n) is 0.500. The van der Waals surface area contributed by atoms with Crippen molar-refractivity contribution in [3.05, 3.63) is 0 Å². The summed E-state index contributed by atoms with van der Waals surface area (Å²) in [4.78, 5) is 34.3. The zero-order chi connectivity index (χ0) is 4.50. The van der Waals surface area contributed by atoms with Crippen LogP contribution in [0.2, 0.25) is 0 Å². The van der Waals surface area contributed by atoms with E-state index in [-0.39, 0.29) is 36.5 Å². The summed E-state index contributed by atoms with van der Waals surface area (Å²) >= 11 is 0. The molecule has 0 spiro atoms. The fraction of sp³-hybridized carbons (Fsp3) is 0. The number of rotatable bonds is 0. The molecule has 0 aromatic carbocycles. The minimum Gasteiger partial charge on any atom is -0.894 e. The van der Waals surface area contributed by atoms with Gasteiger partial charge in [-0.05, 0) is 0 Å². The van der Waals surface area contributed by atoms with Gasteiger partial charge in [-0.15, -0.1) is 0 Å². The van der Waals surface area contributed by atoms with Crippen LogP contribution in [0.3, 0.4) is 0 Å². The maximum Gasteiger partial charge on any atom is 2.00 e. The van der Waals surface area contributed by atoms with Gasteiger partial charge < -0.3 is 28.2 Å². The first-order valence-electron chi connectivity index (χ1n) is 0.816. The van der Waals surface area contributed by atoms with Gasteiger partial charge in [-0.3, -0.25) is 0 Å². The molecule has 0 saturated carbocycles. The predicted molar refractivity (Wildman–Crippen MR) is 5.75 cm³/mol. The summed E-state index contributed by atoms with van der Waals surface area (Å²) in [7, 11) is -5.61. The Bertz CT molecular complexity index is 27.2. The Morgan fingerprint density at radius 1 is 0.857 bits per heavy atom. The van der Waals surface area contributed by atoms with E-state index in [9.17, 15) is 0 Å². The van der Waals surface area contributed by atoms with Crippen molar-refractivity contribution in [2.75, 3.05) is 0 Å². The first kappa shape index (κ1) is 15.7. The Morgan fingerprint density at radius 3 is 0.857 bits per heavy atom. The van der Waals surface area contributed by atoms with Crippen LogP contribution in [0.4, 0.5) is 0 Å². The SMILES string of the molecule is [Cu+2].[O-][Si]([O-])([O-])[O-].[Zn+2]. The van der Waals surface area contributed by atoms with E-state index in [1.54, 1.807) is 0 Å². The van der Waals surface area contributed by atoms with E-state index in [2.05, 4.69) is 0 Å². The van der Waals surface area contributed by atoms with Crippen molar-refractivity contribution in [3.63, 3.8) is 0 Å². The summed E-state index contributed by atoms with van der Waals surface area (Å²) in [5.41, 5.74) is 0. The molecular formula is CuO4SiZn. The maximum absolute atomic E-state index is 8.58. The van der Waals surface area contributed by atoms with Crippen LogP contribution in [0.15, 0.2) is 0 Å². The van der Waals surface area contributed by atoms with E-state index < -0.39 is 9.05 Å². The molecule has 7 heavy (non-hydrogen) atoms. The van der Waals surface area contributed by atoms with Crippen LogP contribution in [0, 0.1) is 0 Å². The molecule has 1 radical (unpaired) electrons. The van der Waals surface area contributed by atoms with E-state index in [0.29, 0.717) is 0 Å². The zero-order valence-corrected chi connectivity index (χ0v) is 8.05. The van der Waals surface area contributed by atoms with Crippen LogP contribution in [0.5, 0.6) is 0 Å². The van der Waals surface area contributed by atoms with Crippen molar-refractivity contribution in [3.8, 4) is 0 Å². The molecule has 7 heteroatoms. The average molecular weight is 221 g/mol. The van der Waals surface area contributed by atoms with E-state index in [4.69, 9.17) is 19.2 Å². The van der Waals surface area contributed by atoms with Crippen LogP contribution in [0.1, 0.15) is 0 Å². The molecule has 0 fully saturated rings. The van der Waals surface area contributed by atoms with Gasteiger partial charge in [0.05, 0.1) is 0 Å². The van der Waals surface area contributed by atoms with Crippen molar-refractivity contribution in [1.82, 2.24) is 0 Å². The maximum atomic E-state index is 8.58. The van der Waals surface area contributed by atoms with Crippen molar-refractivity contribution in [1.29, 1.82) is 0 Å². The van der Waals surface area contributed by atoms with Crippen molar-refractivity contribution < 1.29 is 55.7 Å². The van der Waals surface area contributed by atoms with E-state index >= 15 is 0 Å². The summed E-state index contributed by atoms with van der Waals surface area (Å²) in [6.45, 7) is 0. The Balaban J connectivity index is -0.0000000800. The van der Waals surface area contributed by atoms with Gasteiger partial charge >= 0.3 is 36.5 Å². The van der Waals surface area contributed by atoms with Gasteiger partial charge in [0.2, 0.25) is 0 Å². The van der Waals surface area contributed by atoms with Crippen molar-refractivity contribution >= 4 is 9.05 Å². The molecule has 0 heterocycles. The van der Waals surface area contributed by atoms with Crippen LogP contribution in [-0.4, -0.2) is 9.05 Å². The van der Waals surface area contributed by atoms with Gasteiger partial charge in [-0.1, -0.05) is 0 Å². The average Bonchev–Trinajstić information content (AvgIpc) is 0.722. The van der Waals surface area contributed by atoms with Crippen molar-refractivity contribution in [2.45, 2.75) is 0 Å². The molecule has 0 N–H and O–H groups in total. The molecule has 0 amide bonds. The normalized spacial score (nSPS) is 8.57. The Morgan fingerprint density at radius 2 is 0.857 bits per heavy atom. The monoisotopic (exact) mass is 219 g/mol. The summed E-state index contributed by atoms with van der Waals surface area (Å²) in [5, 5.41) is 0. The van der Waals surface area contributed by atoms with Gasteiger partial charge in [-0.25, -0.2) is 0 Å². The van der Waals surface area contributed by atoms with E-state index in [0.717, 1.165) is 0 Å². The van der Waals surface area contributed by atoms with Crippen LogP contribution >= 0.6 is 0 Å². The molecule has 0 atom stereocenters. The fourth-order valence-electron chi connectivity index (χ4n) is 0. The molecule has 0 unspecified atom stereocenters. The zero-order valence-electron chi connectivity index (χ0n) is 3.14. The quantitative estimate of drug-likeness (QED) is 0.382. The van der Waals surface area contributed by atoms with Gasteiger partial charge in [0.25, 0.3) is 0 Å². The second kappa shape index (κ2) is 5.34. The van der Waals surface area contributed by atoms with E-state index in [1.165, 1.54) is 0 Å². The third-order valence-electron chi connectivity index (χ3n) is 0. The summed E-state index contributed by atoms with van der Waals surface area (Å²) in [6, 6.07) is 0. The summed E-state index contributed by atoms with van der Waals surface area (Å²) in [5.74, 6) is 0. The Kier molecular flexibility index (Phi) is 12.0. The van der Waals surface area contributed by atoms with Crippen LogP contribution in [0.25, 0.3) is 0 Å². The minimum atomic E-state index is -5.61. The second-order valence-corrected chi connectivity index (χ2v) is 1.50.